The molecule has 0 bridgehead atoms. The van der Waals surface area contributed by atoms with E-state index in [0.717, 1.165) is 25.1 Å². The Bertz CT molecular complexity index is 645. The zero-order valence-corrected chi connectivity index (χ0v) is 14.8. The normalized spacial score (nSPS) is 10.9. The smallest absolute Gasteiger partial charge is 0.129 e. The molecule has 0 aliphatic carbocycles. The highest BCUT2D eigenvalue weighted by Crippen LogP contribution is 2.06. The van der Waals surface area contributed by atoms with Gasteiger partial charge in [-0.1, -0.05) is 68.0 Å². The van der Waals surface area contributed by atoms with Crippen molar-refractivity contribution in [3.05, 3.63) is 71.3 Å². The van der Waals surface area contributed by atoms with Crippen molar-refractivity contribution in [3.63, 3.8) is 0 Å². The molecule has 0 saturated carbocycles. The lowest BCUT2D eigenvalue weighted by Crippen LogP contribution is -2.17. The third-order valence-electron chi connectivity index (χ3n) is 3.27. The van der Waals surface area contributed by atoms with Gasteiger partial charge in [-0.2, -0.15) is 0 Å². The highest BCUT2D eigenvalue weighted by molar-refractivity contribution is 6.83. The molecule has 0 amide bonds. The zero-order chi connectivity index (χ0) is 15.8. The first-order chi connectivity index (χ1) is 10.5. The van der Waals surface area contributed by atoms with Crippen LogP contribution in [0.15, 0.2) is 54.6 Å². The molecule has 0 aliphatic rings. The van der Waals surface area contributed by atoms with Gasteiger partial charge in [-0.25, -0.2) is 0 Å². The molecule has 2 aromatic rings. The van der Waals surface area contributed by atoms with E-state index in [1.165, 1.54) is 11.1 Å². The average molecular weight is 308 g/mol. The second kappa shape index (κ2) is 7.98. The Morgan fingerprint density at radius 1 is 0.909 bits per heavy atom. The molecular formula is C20H25NSi. The first kappa shape index (κ1) is 16.5. The van der Waals surface area contributed by atoms with Crippen LogP contribution in [-0.4, -0.2) is 14.6 Å². The van der Waals surface area contributed by atoms with Crippen molar-refractivity contribution in [2.75, 3.05) is 6.54 Å². The predicted octanol–water partition coefficient (Wildman–Crippen LogP) is 4.25. The van der Waals surface area contributed by atoms with E-state index in [1.807, 2.05) is 0 Å². The molecule has 0 spiro atoms. The van der Waals surface area contributed by atoms with Crippen molar-refractivity contribution < 1.29 is 0 Å². The number of hydrogen-bond donors (Lipinski definition) is 1. The number of benzene rings is 2. The van der Waals surface area contributed by atoms with Crippen LogP contribution in [0.25, 0.3) is 0 Å². The van der Waals surface area contributed by atoms with Crippen molar-refractivity contribution in [1.82, 2.24) is 5.32 Å². The Hall–Kier alpha value is -1.82. The summed E-state index contributed by atoms with van der Waals surface area (Å²) in [5.41, 5.74) is 7.23. The first-order valence-corrected chi connectivity index (χ1v) is 11.4. The Balaban J connectivity index is 1.84. The molecule has 1 nitrogen and oxygen atoms in total. The molecule has 0 fully saturated rings. The van der Waals surface area contributed by atoms with Crippen LogP contribution < -0.4 is 5.32 Å². The van der Waals surface area contributed by atoms with Crippen molar-refractivity contribution >= 4 is 8.07 Å². The molecule has 0 heterocycles. The van der Waals surface area contributed by atoms with E-state index >= 15 is 0 Å². The van der Waals surface area contributed by atoms with Gasteiger partial charge in [-0.05, 0) is 36.2 Å². The van der Waals surface area contributed by atoms with Gasteiger partial charge in [-0.3, -0.25) is 0 Å². The maximum atomic E-state index is 3.51. The monoisotopic (exact) mass is 307 g/mol. The summed E-state index contributed by atoms with van der Waals surface area (Å²) < 4.78 is 0. The topological polar surface area (TPSA) is 12.0 Å². The van der Waals surface area contributed by atoms with Gasteiger partial charge in [0.25, 0.3) is 0 Å². The molecule has 0 aliphatic heterocycles. The standard InChI is InChI=1S/C20H25NSi/c1-22(2,3)15-13-19-10-7-11-20(16-19)17-21-14-12-18-8-5-4-6-9-18/h4-11,16,21H,12,14,17H2,1-3H3. The fourth-order valence-corrected chi connectivity index (χ4v) is 2.65. The number of hydrogen-bond acceptors (Lipinski definition) is 1. The van der Waals surface area contributed by atoms with Crippen LogP contribution in [0, 0.1) is 11.5 Å². The van der Waals surface area contributed by atoms with E-state index < -0.39 is 8.07 Å². The van der Waals surface area contributed by atoms with E-state index in [-0.39, 0.29) is 0 Å². The number of rotatable bonds is 5. The lowest BCUT2D eigenvalue weighted by molar-refractivity contribution is 0.687. The van der Waals surface area contributed by atoms with Crippen LogP contribution in [0.5, 0.6) is 0 Å². The molecule has 22 heavy (non-hydrogen) atoms. The van der Waals surface area contributed by atoms with E-state index in [2.05, 4.69) is 91.0 Å². The molecule has 2 aromatic carbocycles. The van der Waals surface area contributed by atoms with Crippen LogP contribution in [-0.2, 0) is 13.0 Å². The van der Waals surface area contributed by atoms with Crippen molar-refractivity contribution in [3.8, 4) is 11.5 Å². The average Bonchev–Trinajstić information content (AvgIpc) is 2.50. The van der Waals surface area contributed by atoms with Gasteiger partial charge in [0.15, 0.2) is 0 Å². The van der Waals surface area contributed by atoms with E-state index in [4.69, 9.17) is 0 Å². The summed E-state index contributed by atoms with van der Waals surface area (Å²) >= 11 is 0. The molecule has 1 N–H and O–H groups in total. The maximum absolute atomic E-state index is 3.51. The summed E-state index contributed by atoms with van der Waals surface area (Å²) in [6.45, 7) is 8.71. The van der Waals surface area contributed by atoms with E-state index in [0.29, 0.717) is 0 Å². The van der Waals surface area contributed by atoms with Crippen LogP contribution in [0.1, 0.15) is 16.7 Å². The van der Waals surface area contributed by atoms with E-state index in [1.54, 1.807) is 0 Å². The van der Waals surface area contributed by atoms with Gasteiger partial charge in [0.2, 0.25) is 0 Å². The van der Waals surface area contributed by atoms with Gasteiger partial charge in [0, 0.05) is 12.1 Å². The fourth-order valence-electron chi connectivity index (χ4n) is 2.13. The highest BCUT2D eigenvalue weighted by atomic mass is 28.3. The Kier molecular flexibility index (Phi) is 6.00. The Morgan fingerprint density at radius 2 is 1.64 bits per heavy atom. The van der Waals surface area contributed by atoms with Crippen LogP contribution in [0.2, 0.25) is 19.6 Å². The van der Waals surface area contributed by atoms with Crippen molar-refractivity contribution in [2.24, 2.45) is 0 Å². The molecule has 2 heteroatoms. The largest absolute Gasteiger partial charge is 0.312 e. The summed E-state index contributed by atoms with van der Waals surface area (Å²) in [5.74, 6) is 3.33. The maximum Gasteiger partial charge on any atom is 0.129 e. The SMILES string of the molecule is C[Si](C)(C)C#Cc1cccc(CNCCc2ccccc2)c1. The third kappa shape index (κ3) is 6.30. The van der Waals surface area contributed by atoms with Crippen molar-refractivity contribution in [2.45, 2.75) is 32.6 Å². The van der Waals surface area contributed by atoms with Gasteiger partial charge < -0.3 is 5.32 Å². The summed E-state index contributed by atoms with van der Waals surface area (Å²) in [7, 11) is -1.30. The third-order valence-corrected chi connectivity index (χ3v) is 4.15. The second-order valence-electron chi connectivity index (χ2n) is 6.61. The molecule has 0 unspecified atom stereocenters. The summed E-state index contributed by atoms with van der Waals surface area (Å²) in [4.78, 5) is 0. The predicted molar refractivity (Wildman–Crippen MR) is 98.5 cm³/mol. The highest BCUT2D eigenvalue weighted by Gasteiger charge is 2.07. The molecule has 0 aromatic heterocycles. The second-order valence-corrected chi connectivity index (χ2v) is 11.4. The zero-order valence-electron chi connectivity index (χ0n) is 13.8. The first-order valence-electron chi connectivity index (χ1n) is 7.90. The van der Waals surface area contributed by atoms with Gasteiger partial charge in [0.05, 0.1) is 0 Å². The lowest BCUT2D eigenvalue weighted by atomic mass is 10.1. The fraction of sp³-hybridized carbons (Fsp3) is 0.300. The minimum atomic E-state index is -1.30. The van der Waals surface area contributed by atoms with Gasteiger partial charge in [0.1, 0.15) is 8.07 Å². The molecule has 0 atom stereocenters. The number of nitrogens with one attached hydrogen (secondary N) is 1. The summed E-state index contributed by atoms with van der Waals surface area (Å²) in [6.07, 6.45) is 1.07. The minimum Gasteiger partial charge on any atom is -0.312 e. The molecule has 2 rings (SSSR count). The Labute approximate surface area is 135 Å². The molecule has 114 valence electrons. The quantitative estimate of drug-likeness (QED) is 0.495. The van der Waals surface area contributed by atoms with Crippen molar-refractivity contribution in [1.29, 1.82) is 0 Å². The molecule has 0 saturated heterocycles. The van der Waals surface area contributed by atoms with Crippen LogP contribution >= 0.6 is 0 Å². The Morgan fingerprint density at radius 3 is 2.36 bits per heavy atom. The van der Waals surface area contributed by atoms with Crippen LogP contribution in [0.4, 0.5) is 0 Å². The summed E-state index contributed by atoms with van der Waals surface area (Å²) in [6, 6.07) is 19.2. The molecular weight excluding hydrogens is 282 g/mol. The van der Waals surface area contributed by atoms with Gasteiger partial charge in [-0.15, -0.1) is 5.54 Å². The molecule has 0 radical (unpaired) electrons. The lowest BCUT2D eigenvalue weighted by Gasteiger charge is -2.06. The van der Waals surface area contributed by atoms with Gasteiger partial charge >= 0.3 is 0 Å². The van der Waals surface area contributed by atoms with E-state index in [9.17, 15) is 0 Å². The van der Waals surface area contributed by atoms with Crippen LogP contribution in [0.3, 0.4) is 0 Å². The minimum absolute atomic E-state index is 0.898. The summed E-state index contributed by atoms with van der Waals surface area (Å²) in [5, 5.41) is 3.51.